The van der Waals surface area contributed by atoms with Gasteiger partial charge in [-0.05, 0) is 38.1 Å². The Morgan fingerprint density at radius 2 is 1.93 bits per heavy atom. The predicted octanol–water partition coefficient (Wildman–Crippen LogP) is 3.37. The van der Waals surface area contributed by atoms with Gasteiger partial charge in [0.25, 0.3) is 5.91 Å². The van der Waals surface area contributed by atoms with E-state index in [1.807, 2.05) is 32.0 Å². The Kier molecular flexibility index (Phi) is 5.45. The minimum atomic E-state index is -0.432. The van der Waals surface area contributed by atoms with Crippen LogP contribution in [0.3, 0.4) is 0 Å². The molecule has 1 aromatic heterocycles. The molecular formula is C21H21NO5. The van der Waals surface area contributed by atoms with E-state index in [4.69, 9.17) is 13.9 Å². The van der Waals surface area contributed by atoms with Gasteiger partial charge in [0.2, 0.25) is 0 Å². The van der Waals surface area contributed by atoms with Crippen LogP contribution in [0.15, 0.2) is 57.7 Å². The second-order valence-corrected chi connectivity index (χ2v) is 6.28. The van der Waals surface area contributed by atoms with Crippen molar-refractivity contribution in [2.24, 2.45) is 0 Å². The third kappa shape index (κ3) is 4.47. The van der Waals surface area contributed by atoms with Crippen LogP contribution in [0.4, 0.5) is 0 Å². The lowest BCUT2D eigenvalue weighted by Gasteiger charge is -2.18. The van der Waals surface area contributed by atoms with Crippen LogP contribution in [-0.2, 0) is 4.79 Å². The summed E-state index contributed by atoms with van der Waals surface area (Å²) in [5, 5.41) is 3.68. The zero-order chi connectivity index (χ0) is 19.4. The Hall–Kier alpha value is -3.28. The third-order valence-corrected chi connectivity index (χ3v) is 4.19. The van der Waals surface area contributed by atoms with Crippen molar-refractivity contribution in [3.63, 3.8) is 0 Å². The summed E-state index contributed by atoms with van der Waals surface area (Å²) in [6.07, 6.45) is 0. The first-order valence-corrected chi connectivity index (χ1v) is 8.57. The summed E-state index contributed by atoms with van der Waals surface area (Å²) in [5.74, 6) is 0.910. The molecule has 6 heteroatoms. The quantitative estimate of drug-likeness (QED) is 0.676. The lowest BCUT2D eigenvalue weighted by Crippen LogP contribution is -2.31. The number of amides is 1. The van der Waals surface area contributed by atoms with Crippen LogP contribution in [0.5, 0.6) is 11.5 Å². The topological polar surface area (TPSA) is 77.8 Å². The highest BCUT2D eigenvalue weighted by atomic mass is 16.5. The Morgan fingerprint density at radius 3 is 2.70 bits per heavy atom. The fourth-order valence-corrected chi connectivity index (χ4v) is 2.83. The van der Waals surface area contributed by atoms with Crippen molar-refractivity contribution in [3.8, 4) is 11.5 Å². The summed E-state index contributed by atoms with van der Waals surface area (Å²) >= 11 is 0. The second-order valence-electron chi connectivity index (χ2n) is 6.28. The molecule has 6 nitrogen and oxygen atoms in total. The molecule has 0 spiro atoms. The molecule has 0 fully saturated rings. The second kappa shape index (κ2) is 7.95. The molecule has 140 valence electrons. The van der Waals surface area contributed by atoms with Crippen molar-refractivity contribution >= 4 is 16.9 Å². The number of aryl methyl sites for hydroxylation is 1. The smallest absolute Gasteiger partial charge is 0.336 e. The van der Waals surface area contributed by atoms with Gasteiger partial charge in [0.05, 0.1) is 13.2 Å². The van der Waals surface area contributed by atoms with Crippen molar-refractivity contribution in [1.29, 1.82) is 0 Å². The number of ether oxygens (including phenoxy) is 2. The molecule has 3 rings (SSSR count). The summed E-state index contributed by atoms with van der Waals surface area (Å²) in [6, 6.07) is 13.7. The van der Waals surface area contributed by atoms with Gasteiger partial charge in [-0.25, -0.2) is 4.79 Å². The van der Waals surface area contributed by atoms with E-state index >= 15 is 0 Å². The zero-order valence-corrected chi connectivity index (χ0v) is 15.4. The molecule has 0 aliphatic carbocycles. The normalized spacial score (nSPS) is 11.8. The molecule has 3 aromatic rings. The molecule has 1 N–H and O–H groups in total. The highest BCUT2D eigenvalue weighted by Crippen LogP contribution is 2.26. The van der Waals surface area contributed by atoms with Crippen LogP contribution in [0.2, 0.25) is 0 Å². The van der Waals surface area contributed by atoms with Crippen molar-refractivity contribution < 1.29 is 18.7 Å². The van der Waals surface area contributed by atoms with E-state index in [1.165, 1.54) is 6.07 Å². The number of hydrogen-bond donors (Lipinski definition) is 1. The molecule has 1 unspecified atom stereocenters. The highest BCUT2D eigenvalue weighted by molar-refractivity contribution is 5.79. The fourth-order valence-electron chi connectivity index (χ4n) is 2.83. The first kappa shape index (κ1) is 18.5. The molecule has 1 atom stereocenters. The Morgan fingerprint density at radius 1 is 1.15 bits per heavy atom. The Bertz CT molecular complexity index is 1020. The van der Waals surface area contributed by atoms with Gasteiger partial charge in [-0.15, -0.1) is 0 Å². The van der Waals surface area contributed by atoms with E-state index in [0.29, 0.717) is 11.3 Å². The van der Waals surface area contributed by atoms with Crippen LogP contribution in [-0.4, -0.2) is 19.6 Å². The Labute approximate surface area is 156 Å². The van der Waals surface area contributed by atoms with E-state index in [0.717, 1.165) is 22.3 Å². The van der Waals surface area contributed by atoms with Gasteiger partial charge in [0.1, 0.15) is 17.1 Å². The molecule has 0 radical (unpaired) electrons. The first-order valence-electron chi connectivity index (χ1n) is 8.57. The van der Waals surface area contributed by atoms with Crippen molar-refractivity contribution in [1.82, 2.24) is 5.32 Å². The third-order valence-electron chi connectivity index (χ3n) is 4.19. The monoisotopic (exact) mass is 367 g/mol. The number of hydrogen-bond acceptors (Lipinski definition) is 5. The minimum Gasteiger partial charge on any atom is -0.496 e. The number of methoxy groups -OCH3 is 1. The van der Waals surface area contributed by atoms with E-state index < -0.39 is 5.63 Å². The molecule has 1 amide bonds. The molecule has 0 saturated carbocycles. The van der Waals surface area contributed by atoms with Crippen LogP contribution in [0, 0.1) is 6.92 Å². The van der Waals surface area contributed by atoms with Gasteiger partial charge >= 0.3 is 5.63 Å². The minimum absolute atomic E-state index is 0.152. The van der Waals surface area contributed by atoms with Gasteiger partial charge in [0.15, 0.2) is 6.61 Å². The maximum Gasteiger partial charge on any atom is 0.336 e. The number of carbonyl (C=O) groups excluding carboxylic acids is 1. The van der Waals surface area contributed by atoms with Gasteiger partial charge < -0.3 is 19.2 Å². The zero-order valence-electron chi connectivity index (χ0n) is 15.4. The lowest BCUT2D eigenvalue weighted by atomic mass is 10.0. The first-order chi connectivity index (χ1) is 13.0. The van der Waals surface area contributed by atoms with Gasteiger partial charge in [-0.1, -0.05) is 17.7 Å². The van der Waals surface area contributed by atoms with Crippen LogP contribution < -0.4 is 20.4 Å². The standard InChI is InChI=1S/C21H21NO5/c1-13-4-8-18(25-3)17(10-13)14(2)22-20(23)12-26-16-7-5-15-6-9-21(24)27-19(15)11-16/h4-11,14H,12H2,1-3H3,(H,22,23). The number of benzene rings is 2. The Balaban J connectivity index is 1.64. The van der Waals surface area contributed by atoms with Gasteiger partial charge in [-0.3, -0.25) is 4.79 Å². The van der Waals surface area contributed by atoms with Gasteiger partial charge in [0, 0.05) is 23.1 Å². The van der Waals surface area contributed by atoms with Crippen molar-refractivity contribution in [3.05, 3.63) is 70.1 Å². The molecule has 0 aliphatic heterocycles. The van der Waals surface area contributed by atoms with Crippen molar-refractivity contribution in [2.75, 3.05) is 13.7 Å². The number of fused-ring (bicyclic) bond motifs is 1. The molecule has 0 aliphatic rings. The average molecular weight is 367 g/mol. The summed E-state index contributed by atoms with van der Waals surface area (Å²) in [7, 11) is 1.60. The highest BCUT2D eigenvalue weighted by Gasteiger charge is 2.15. The summed E-state index contributed by atoms with van der Waals surface area (Å²) in [4.78, 5) is 23.6. The SMILES string of the molecule is COc1ccc(C)cc1C(C)NC(=O)COc1ccc2ccc(=O)oc2c1. The average Bonchev–Trinajstić information content (AvgIpc) is 2.65. The molecular weight excluding hydrogens is 346 g/mol. The summed E-state index contributed by atoms with van der Waals surface area (Å²) < 4.78 is 16.0. The predicted molar refractivity (Wildman–Crippen MR) is 102 cm³/mol. The fraction of sp³-hybridized carbons (Fsp3) is 0.238. The lowest BCUT2D eigenvalue weighted by molar-refractivity contribution is -0.123. The molecule has 27 heavy (non-hydrogen) atoms. The van der Waals surface area contributed by atoms with Crippen molar-refractivity contribution in [2.45, 2.75) is 19.9 Å². The van der Waals surface area contributed by atoms with Crippen LogP contribution in [0.25, 0.3) is 11.0 Å². The van der Waals surface area contributed by atoms with Crippen LogP contribution >= 0.6 is 0 Å². The van der Waals surface area contributed by atoms with E-state index in [1.54, 1.807) is 31.4 Å². The summed E-state index contributed by atoms with van der Waals surface area (Å²) in [6.45, 7) is 3.72. The van der Waals surface area contributed by atoms with E-state index in [-0.39, 0.29) is 18.6 Å². The number of nitrogens with one attached hydrogen (secondary N) is 1. The number of rotatable bonds is 6. The van der Waals surface area contributed by atoms with Crippen LogP contribution in [0.1, 0.15) is 24.1 Å². The molecule has 0 bridgehead atoms. The number of carbonyl (C=O) groups is 1. The molecule has 1 heterocycles. The maximum absolute atomic E-state index is 12.3. The van der Waals surface area contributed by atoms with Gasteiger partial charge in [-0.2, -0.15) is 0 Å². The summed E-state index contributed by atoms with van der Waals surface area (Å²) in [5.41, 5.74) is 1.97. The largest absolute Gasteiger partial charge is 0.496 e. The van der Waals surface area contributed by atoms with E-state index in [9.17, 15) is 9.59 Å². The molecule has 2 aromatic carbocycles. The maximum atomic E-state index is 12.3. The molecule has 0 saturated heterocycles. The van der Waals surface area contributed by atoms with E-state index in [2.05, 4.69) is 5.32 Å².